The predicted octanol–water partition coefficient (Wildman–Crippen LogP) is 2.34. The molecule has 19 heavy (non-hydrogen) atoms. The Bertz CT molecular complexity index is 592. The third-order valence-electron chi connectivity index (χ3n) is 2.17. The van der Waals surface area contributed by atoms with Gasteiger partial charge in [0.1, 0.15) is 5.00 Å². The molecule has 1 N–H and O–H groups in total. The van der Waals surface area contributed by atoms with Gasteiger partial charge in [-0.3, -0.25) is 4.79 Å². The summed E-state index contributed by atoms with van der Waals surface area (Å²) in [6.07, 6.45) is 1.38. The lowest BCUT2D eigenvalue weighted by atomic mass is 10.3. The van der Waals surface area contributed by atoms with Crippen LogP contribution < -0.4 is 5.32 Å². The highest BCUT2D eigenvalue weighted by atomic mass is 32.1. The smallest absolute Gasteiger partial charge is 0.341 e. The van der Waals surface area contributed by atoms with E-state index in [0.29, 0.717) is 10.6 Å². The Morgan fingerprint density at radius 3 is 2.89 bits per heavy atom. The summed E-state index contributed by atoms with van der Waals surface area (Å²) in [6, 6.07) is 1.69. The number of nitrogens with zero attached hydrogens (tertiary/aromatic N) is 2. The van der Waals surface area contributed by atoms with E-state index in [9.17, 15) is 9.59 Å². The molecule has 0 spiro atoms. The van der Waals surface area contributed by atoms with Crippen LogP contribution in [0.2, 0.25) is 0 Å². The molecular weight excluding hydrogens is 286 g/mol. The van der Waals surface area contributed by atoms with Crippen LogP contribution in [0.25, 0.3) is 0 Å². The molecule has 1 amide bonds. The molecule has 8 heteroatoms. The minimum Gasteiger partial charge on any atom is -0.462 e. The Balaban J connectivity index is 2.20. The first kappa shape index (κ1) is 13.6. The number of ether oxygens (including phenoxy) is 1. The number of nitrogens with one attached hydrogen (secondary N) is 1. The van der Waals surface area contributed by atoms with Crippen LogP contribution >= 0.6 is 23.1 Å². The van der Waals surface area contributed by atoms with Crippen molar-refractivity contribution in [3.05, 3.63) is 28.4 Å². The zero-order valence-electron chi connectivity index (χ0n) is 10.3. The lowest BCUT2D eigenvalue weighted by Gasteiger charge is -2.04. The Kier molecular flexibility index (Phi) is 4.23. The Labute approximate surface area is 117 Å². The lowest BCUT2D eigenvalue weighted by Crippen LogP contribution is -2.14. The van der Waals surface area contributed by atoms with E-state index in [1.165, 1.54) is 17.5 Å². The quantitative estimate of drug-likeness (QED) is 0.876. The fourth-order valence-corrected chi connectivity index (χ4v) is 2.71. The largest absolute Gasteiger partial charge is 0.462 e. The number of thiophene rings is 1. The van der Waals surface area contributed by atoms with E-state index >= 15 is 0 Å². The van der Waals surface area contributed by atoms with Gasteiger partial charge in [-0.25, -0.2) is 4.79 Å². The maximum absolute atomic E-state index is 11.9. The van der Waals surface area contributed by atoms with Gasteiger partial charge in [-0.2, -0.15) is 8.75 Å². The Morgan fingerprint density at radius 1 is 1.47 bits per heavy atom. The molecule has 0 aliphatic rings. The lowest BCUT2D eigenvalue weighted by molar-refractivity contribution is 0.0528. The van der Waals surface area contributed by atoms with Crippen LogP contribution in [0.15, 0.2) is 12.3 Å². The molecular formula is C11H11N3O3S2. The van der Waals surface area contributed by atoms with E-state index in [-0.39, 0.29) is 18.2 Å². The number of amides is 1. The maximum atomic E-state index is 11.9. The highest BCUT2D eigenvalue weighted by Gasteiger charge is 2.19. The Hall–Kier alpha value is -1.80. The molecule has 0 atom stereocenters. The fourth-order valence-electron chi connectivity index (χ4n) is 1.40. The second-order valence-electron chi connectivity index (χ2n) is 3.57. The van der Waals surface area contributed by atoms with Crippen LogP contribution in [-0.4, -0.2) is 27.2 Å². The van der Waals surface area contributed by atoms with Gasteiger partial charge in [-0.15, -0.1) is 11.3 Å². The van der Waals surface area contributed by atoms with Crippen molar-refractivity contribution in [3.63, 3.8) is 0 Å². The molecule has 2 rings (SSSR count). The molecule has 2 heterocycles. The molecule has 0 fully saturated rings. The van der Waals surface area contributed by atoms with E-state index in [4.69, 9.17) is 4.74 Å². The van der Waals surface area contributed by atoms with Crippen molar-refractivity contribution in [2.45, 2.75) is 13.8 Å². The van der Waals surface area contributed by atoms with Gasteiger partial charge in [0.2, 0.25) is 0 Å². The highest BCUT2D eigenvalue weighted by Crippen LogP contribution is 2.28. The number of carbonyl (C=O) groups excluding carboxylic acids is 2. The number of hydrogen-bond donors (Lipinski definition) is 1. The molecule has 0 aliphatic carbocycles. The average molecular weight is 297 g/mol. The molecule has 0 aliphatic heterocycles. The monoisotopic (exact) mass is 297 g/mol. The van der Waals surface area contributed by atoms with E-state index in [1.807, 2.05) is 6.92 Å². The molecule has 0 saturated heterocycles. The second-order valence-corrected chi connectivity index (χ2v) is 5.38. The summed E-state index contributed by atoms with van der Waals surface area (Å²) < 4.78 is 12.5. The van der Waals surface area contributed by atoms with Crippen molar-refractivity contribution in [3.8, 4) is 0 Å². The van der Waals surface area contributed by atoms with Gasteiger partial charge in [0.05, 0.1) is 30.1 Å². The van der Waals surface area contributed by atoms with Gasteiger partial charge in [0.25, 0.3) is 5.91 Å². The van der Waals surface area contributed by atoms with Crippen LogP contribution in [0.3, 0.4) is 0 Å². The SMILES string of the molecule is CCOC(=O)c1cc(C)sc1NC(=O)c1cnsn1. The van der Waals surface area contributed by atoms with E-state index in [0.717, 1.165) is 16.6 Å². The van der Waals surface area contributed by atoms with Crippen LogP contribution in [0.4, 0.5) is 5.00 Å². The average Bonchev–Trinajstić information content (AvgIpc) is 2.98. The maximum Gasteiger partial charge on any atom is 0.341 e. The van der Waals surface area contributed by atoms with Crippen LogP contribution in [0, 0.1) is 6.92 Å². The van der Waals surface area contributed by atoms with Gasteiger partial charge >= 0.3 is 5.97 Å². The molecule has 6 nitrogen and oxygen atoms in total. The number of rotatable bonds is 4. The summed E-state index contributed by atoms with van der Waals surface area (Å²) in [7, 11) is 0. The zero-order valence-corrected chi connectivity index (χ0v) is 11.9. The Morgan fingerprint density at radius 2 is 2.26 bits per heavy atom. The van der Waals surface area contributed by atoms with Crippen molar-refractivity contribution in [2.24, 2.45) is 0 Å². The summed E-state index contributed by atoms with van der Waals surface area (Å²) in [4.78, 5) is 24.5. The van der Waals surface area contributed by atoms with Crippen LogP contribution in [-0.2, 0) is 4.74 Å². The highest BCUT2D eigenvalue weighted by molar-refractivity contribution is 7.16. The first-order chi connectivity index (χ1) is 9.11. The topological polar surface area (TPSA) is 81.2 Å². The van der Waals surface area contributed by atoms with Gasteiger partial charge in [-0.1, -0.05) is 0 Å². The summed E-state index contributed by atoms with van der Waals surface area (Å²) in [5.74, 6) is -0.834. The minimum absolute atomic E-state index is 0.228. The molecule has 0 radical (unpaired) electrons. The molecule has 100 valence electrons. The molecule has 0 saturated carbocycles. The third kappa shape index (κ3) is 3.15. The number of esters is 1. The van der Waals surface area contributed by atoms with Crippen molar-refractivity contribution >= 4 is 39.9 Å². The van der Waals surface area contributed by atoms with E-state index < -0.39 is 5.97 Å². The summed E-state index contributed by atoms with van der Waals surface area (Å²) in [5, 5.41) is 3.12. The van der Waals surface area contributed by atoms with Crippen molar-refractivity contribution < 1.29 is 14.3 Å². The van der Waals surface area contributed by atoms with E-state index in [1.54, 1.807) is 13.0 Å². The van der Waals surface area contributed by atoms with Gasteiger partial charge in [0, 0.05) is 4.88 Å². The number of aryl methyl sites for hydroxylation is 1. The van der Waals surface area contributed by atoms with Crippen molar-refractivity contribution in [2.75, 3.05) is 11.9 Å². The summed E-state index contributed by atoms with van der Waals surface area (Å²) in [5.41, 5.74) is 0.590. The minimum atomic E-state index is -0.446. The van der Waals surface area contributed by atoms with Gasteiger partial charge < -0.3 is 10.1 Å². The van der Waals surface area contributed by atoms with E-state index in [2.05, 4.69) is 14.1 Å². The molecule has 2 aromatic heterocycles. The number of anilines is 1. The summed E-state index contributed by atoms with van der Waals surface area (Å²) >= 11 is 2.27. The molecule has 0 unspecified atom stereocenters. The third-order valence-corrected chi connectivity index (χ3v) is 3.62. The number of carbonyl (C=O) groups is 2. The van der Waals surface area contributed by atoms with Crippen LogP contribution in [0.5, 0.6) is 0 Å². The molecule has 0 bridgehead atoms. The normalized spacial score (nSPS) is 10.2. The first-order valence-electron chi connectivity index (χ1n) is 5.48. The standard InChI is InChI=1S/C11H11N3O3S2/c1-3-17-11(16)7-4-6(2)18-10(7)13-9(15)8-5-12-19-14-8/h4-5H,3H2,1-2H3,(H,13,15). The van der Waals surface area contributed by atoms with Crippen molar-refractivity contribution in [1.29, 1.82) is 0 Å². The first-order valence-corrected chi connectivity index (χ1v) is 7.03. The van der Waals surface area contributed by atoms with Gasteiger partial charge in [-0.05, 0) is 19.9 Å². The predicted molar refractivity (Wildman–Crippen MR) is 72.9 cm³/mol. The van der Waals surface area contributed by atoms with Crippen molar-refractivity contribution in [1.82, 2.24) is 8.75 Å². The number of hydrogen-bond acceptors (Lipinski definition) is 7. The number of aromatic nitrogens is 2. The fraction of sp³-hybridized carbons (Fsp3) is 0.273. The van der Waals surface area contributed by atoms with Gasteiger partial charge in [0.15, 0.2) is 5.69 Å². The second kappa shape index (κ2) is 5.89. The zero-order chi connectivity index (χ0) is 13.8. The van der Waals surface area contributed by atoms with Crippen LogP contribution in [0.1, 0.15) is 32.6 Å². The molecule has 0 aromatic carbocycles. The molecule has 2 aromatic rings. The summed E-state index contributed by atoms with van der Waals surface area (Å²) in [6.45, 7) is 3.88.